The number of nitrogens with zero attached hydrogens (tertiary/aromatic N) is 3. The number of hydrogen-bond acceptors (Lipinski definition) is 4. The van der Waals surface area contributed by atoms with Crippen LogP contribution in [0.15, 0.2) is 36.8 Å². The highest BCUT2D eigenvalue weighted by atomic mass is 35.5. The summed E-state index contributed by atoms with van der Waals surface area (Å²) < 4.78 is 2.26. The maximum Gasteiger partial charge on any atom is 0.146 e. The number of hydrogen-bond donors (Lipinski definition) is 2. The summed E-state index contributed by atoms with van der Waals surface area (Å²) in [7, 11) is 0. The molecule has 4 rings (SSSR count). The van der Waals surface area contributed by atoms with Crippen LogP contribution in [0, 0.1) is 0 Å². The van der Waals surface area contributed by atoms with E-state index in [9.17, 15) is 0 Å². The Hall–Kier alpha value is -2.11. The van der Waals surface area contributed by atoms with Gasteiger partial charge in [0.05, 0.1) is 5.39 Å². The van der Waals surface area contributed by atoms with Crippen LogP contribution >= 0.6 is 11.6 Å². The molecule has 6 heteroatoms. The van der Waals surface area contributed by atoms with Crippen molar-refractivity contribution in [1.29, 1.82) is 0 Å². The minimum absolute atomic E-state index is 0.439. The molecule has 0 aliphatic carbocycles. The molecular formula is C17H18ClN5. The van der Waals surface area contributed by atoms with Crippen LogP contribution in [0.5, 0.6) is 0 Å². The SMILES string of the molecule is Nc1ncnc2c1c(-c1ccc(Cl)cc1)cn2C1CCNCC1. The van der Waals surface area contributed by atoms with E-state index in [2.05, 4.69) is 26.0 Å². The third-order valence-corrected chi connectivity index (χ3v) is 4.75. The van der Waals surface area contributed by atoms with Crippen molar-refractivity contribution in [2.24, 2.45) is 0 Å². The fraction of sp³-hybridized carbons (Fsp3) is 0.294. The van der Waals surface area contributed by atoms with Gasteiger partial charge >= 0.3 is 0 Å². The van der Waals surface area contributed by atoms with E-state index in [1.54, 1.807) is 6.33 Å². The van der Waals surface area contributed by atoms with Crippen molar-refractivity contribution in [3.63, 3.8) is 0 Å². The zero-order valence-electron chi connectivity index (χ0n) is 12.7. The normalized spacial score (nSPS) is 16.0. The Kier molecular flexibility index (Phi) is 3.67. The van der Waals surface area contributed by atoms with Crippen LogP contribution in [0.4, 0.5) is 5.82 Å². The number of aromatic nitrogens is 3. The van der Waals surface area contributed by atoms with Gasteiger partial charge < -0.3 is 15.6 Å². The molecule has 2 aromatic heterocycles. The van der Waals surface area contributed by atoms with Crippen molar-refractivity contribution in [3.05, 3.63) is 41.8 Å². The van der Waals surface area contributed by atoms with E-state index in [0.29, 0.717) is 11.9 Å². The lowest BCUT2D eigenvalue weighted by molar-refractivity contribution is 0.375. The Morgan fingerprint density at radius 2 is 1.87 bits per heavy atom. The Bertz CT molecular complexity index is 834. The van der Waals surface area contributed by atoms with Gasteiger partial charge in [0.25, 0.3) is 0 Å². The Morgan fingerprint density at radius 1 is 1.13 bits per heavy atom. The van der Waals surface area contributed by atoms with Gasteiger partial charge in [-0.15, -0.1) is 0 Å². The van der Waals surface area contributed by atoms with Gasteiger partial charge in [-0.25, -0.2) is 9.97 Å². The van der Waals surface area contributed by atoms with Crippen LogP contribution < -0.4 is 11.1 Å². The average molecular weight is 328 g/mol. The van der Waals surface area contributed by atoms with Crippen molar-refractivity contribution < 1.29 is 0 Å². The number of piperidine rings is 1. The Morgan fingerprint density at radius 3 is 2.61 bits per heavy atom. The number of rotatable bonds is 2. The summed E-state index contributed by atoms with van der Waals surface area (Å²) in [4.78, 5) is 8.69. The minimum atomic E-state index is 0.439. The summed E-state index contributed by atoms with van der Waals surface area (Å²) >= 11 is 6.01. The lowest BCUT2D eigenvalue weighted by atomic mass is 10.1. The monoisotopic (exact) mass is 327 g/mol. The van der Waals surface area contributed by atoms with Crippen molar-refractivity contribution in [2.75, 3.05) is 18.8 Å². The van der Waals surface area contributed by atoms with Gasteiger partial charge in [0.15, 0.2) is 0 Å². The van der Waals surface area contributed by atoms with E-state index >= 15 is 0 Å². The first-order chi connectivity index (χ1) is 11.2. The molecule has 3 heterocycles. The van der Waals surface area contributed by atoms with Crippen LogP contribution in [-0.4, -0.2) is 27.6 Å². The Balaban J connectivity index is 1.91. The van der Waals surface area contributed by atoms with E-state index in [1.165, 1.54) is 0 Å². The van der Waals surface area contributed by atoms with Gasteiger partial charge in [-0.1, -0.05) is 23.7 Å². The lowest BCUT2D eigenvalue weighted by Gasteiger charge is -2.24. The van der Waals surface area contributed by atoms with Crippen LogP contribution in [0.1, 0.15) is 18.9 Å². The third-order valence-electron chi connectivity index (χ3n) is 4.50. The summed E-state index contributed by atoms with van der Waals surface area (Å²) in [6, 6.07) is 8.25. The smallest absolute Gasteiger partial charge is 0.146 e. The molecule has 0 bridgehead atoms. The zero-order valence-corrected chi connectivity index (χ0v) is 13.4. The topological polar surface area (TPSA) is 68.8 Å². The molecule has 0 atom stereocenters. The predicted molar refractivity (Wildman–Crippen MR) is 93.5 cm³/mol. The largest absolute Gasteiger partial charge is 0.383 e. The number of anilines is 1. The molecule has 0 radical (unpaired) electrons. The fourth-order valence-electron chi connectivity index (χ4n) is 3.32. The molecular weight excluding hydrogens is 310 g/mol. The number of halogens is 1. The van der Waals surface area contributed by atoms with Crippen LogP contribution in [0.25, 0.3) is 22.2 Å². The molecule has 1 aliphatic rings. The van der Waals surface area contributed by atoms with Gasteiger partial charge in [-0.3, -0.25) is 0 Å². The van der Waals surface area contributed by atoms with Gasteiger partial charge in [0.2, 0.25) is 0 Å². The maximum atomic E-state index is 6.16. The molecule has 0 saturated carbocycles. The van der Waals surface area contributed by atoms with Gasteiger partial charge in [0, 0.05) is 22.8 Å². The summed E-state index contributed by atoms with van der Waals surface area (Å²) in [5.41, 5.74) is 9.22. The second-order valence-electron chi connectivity index (χ2n) is 5.90. The summed E-state index contributed by atoms with van der Waals surface area (Å²) in [6.45, 7) is 2.06. The van der Waals surface area contributed by atoms with E-state index in [0.717, 1.165) is 53.1 Å². The summed E-state index contributed by atoms with van der Waals surface area (Å²) in [6.07, 6.45) is 5.89. The van der Waals surface area contributed by atoms with Crippen molar-refractivity contribution in [2.45, 2.75) is 18.9 Å². The molecule has 3 N–H and O–H groups in total. The van der Waals surface area contributed by atoms with E-state index in [1.807, 2.05) is 24.3 Å². The second-order valence-corrected chi connectivity index (χ2v) is 6.33. The van der Waals surface area contributed by atoms with Gasteiger partial charge in [0.1, 0.15) is 17.8 Å². The number of benzene rings is 1. The highest BCUT2D eigenvalue weighted by Crippen LogP contribution is 2.36. The van der Waals surface area contributed by atoms with Crippen LogP contribution in [-0.2, 0) is 0 Å². The highest BCUT2D eigenvalue weighted by molar-refractivity contribution is 6.30. The van der Waals surface area contributed by atoms with E-state index < -0.39 is 0 Å². The van der Waals surface area contributed by atoms with Gasteiger partial charge in [-0.05, 0) is 43.6 Å². The molecule has 23 heavy (non-hydrogen) atoms. The van der Waals surface area contributed by atoms with Crippen LogP contribution in [0.2, 0.25) is 5.02 Å². The molecule has 118 valence electrons. The van der Waals surface area contributed by atoms with E-state index in [-0.39, 0.29) is 0 Å². The number of nitrogens with one attached hydrogen (secondary N) is 1. The first-order valence-corrected chi connectivity index (χ1v) is 8.19. The summed E-state index contributed by atoms with van der Waals surface area (Å²) in [5.74, 6) is 0.521. The van der Waals surface area contributed by atoms with Crippen LogP contribution in [0.3, 0.4) is 0 Å². The van der Waals surface area contributed by atoms with Crippen molar-refractivity contribution >= 4 is 28.5 Å². The predicted octanol–water partition coefficient (Wildman–Crippen LogP) is 3.26. The molecule has 0 unspecified atom stereocenters. The third kappa shape index (κ3) is 2.56. The maximum absolute atomic E-state index is 6.16. The molecule has 0 spiro atoms. The fourth-order valence-corrected chi connectivity index (χ4v) is 3.45. The number of nitrogen functional groups attached to an aromatic ring is 1. The van der Waals surface area contributed by atoms with E-state index in [4.69, 9.17) is 17.3 Å². The first-order valence-electron chi connectivity index (χ1n) is 7.81. The molecule has 1 aromatic carbocycles. The Labute approximate surface area is 139 Å². The molecule has 0 amide bonds. The molecule has 1 aliphatic heterocycles. The standard InChI is InChI=1S/C17H18ClN5/c18-12-3-1-11(2-4-12)14-9-23(13-5-7-20-8-6-13)17-15(14)16(19)21-10-22-17/h1-4,9-10,13,20H,5-8H2,(H2,19,21,22). The second kappa shape index (κ2) is 5.83. The quantitative estimate of drug-likeness (QED) is 0.758. The first kappa shape index (κ1) is 14.5. The number of fused-ring (bicyclic) bond motifs is 1. The molecule has 3 aromatic rings. The highest BCUT2D eigenvalue weighted by Gasteiger charge is 2.21. The number of nitrogens with two attached hydrogens (primary N) is 1. The molecule has 5 nitrogen and oxygen atoms in total. The minimum Gasteiger partial charge on any atom is -0.383 e. The molecule has 1 fully saturated rings. The van der Waals surface area contributed by atoms with Crippen molar-refractivity contribution in [1.82, 2.24) is 19.9 Å². The zero-order chi connectivity index (χ0) is 15.8. The summed E-state index contributed by atoms with van der Waals surface area (Å²) in [5, 5.41) is 5.05. The van der Waals surface area contributed by atoms with Gasteiger partial charge in [-0.2, -0.15) is 0 Å². The molecule has 1 saturated heterocycles. The van der Waals surface area contributed by atoms with Crippen molar-refractivity contribution in [3.8, 4) is 11.1 Å². The lowest BCUT2D eigenvalue weighted by Crippen LogP contribution is -2.29. The average Bonchev–Trinajstić information content (AvgIpc) is 2.97.